The number of rotatable bonds is 4. The van der Waals surface area contributed by atoms with Crippen LogP contribution in [0.1, 0.15) is 34.6 Å². The summed E-state index contributed by atoms with van der Waals surface area (Å²) in [4.78, 5) is 24.9. The Kier molecular flexibility index (Phi) is 34.7. The largest absolute Gasteiger partial charge is 0.447 e. The van der Waals surface area contributed by atoms with Crippen LogP contribution in [0.3, 0.4) is 0 Å². The first-order valence-corrected chi connectivity index (χ1v) is 19.7. The lowest BCUT2D eigenvalue weighted by Crippen LogP contribution is -2.64. The SMILES string of the molecule is C#CC#CC#CC#CC#CC#CC#CC#CC#CC#CC#CC#C[C-]=CC#CC#CC(=O)OC(C)(C)C(C)(O)C(C)(C)OC(=O)C#CC#CC=[C-]C#CC#CC#CC#CC#CC#CC#CC#CC#CC#CC#CC#C. The summed E-state index contributed by atoms with van der Waals surface area (Å²) in [5, 5.41) is 11.4. The van der Waals surface area contributed by atoms with Gasteiger partial charge in [0.15, 0.2) is 0 Å². The van der Waals surface area contributed by atoms with E-state index in [2.05, 4.69) is 332 Å². The van der Waals surface area contributed by atoms with Gasteiger partial charge in [0.2, 0.25) is 0 Å². The summed E-state index contributed by atoms with van der Waals surface area (Å²) in [6, 6.07) is 0. The Balaban J connectivity index is 5.00. The highest BCUT2D eigenvalue weighted by atomic mass is 16.6. The number of hydrogen-bond acceptors (Lipinski definition) is 5. The van der Waals surface area contributed by atoms with E-state index in [1.807, 2.05) is 0 Å². The van der Waals surface area contributed by atoms with Gasteiger partial charge in [-0.3, -0.25) is 0 Å². The van der Waals surface area contributed by atoms with Gasteiger partial charge in [-0.05, 0) is 236 Å². The van der Waals surface area contributed by atoms with E-state index in [0.29, 0.717) is 0 Å². The van der Waals surface area contributed by atoms with E-state index in [0.717, 1.165) is 0 Å². The van der Waals surface area contributed by atoms with Crippen molar-refractivity contribution in [1.82, 2.24) is 0 Å². The Hall–Kier alpha value is -13.9. The van der Waals surface area contributed by atoms with Gasteiger partial charge in [0, 0.05) is 59.2 Å². The molecule has 5 heteroatoms. The smallest absolute Gasteiger partial charge is 0.385 e. The molecule has 332 valence electrons. The van der Waals surface area contributed by atoms with Crippen LogP contribution in [0.25, 0.3) is 0 Å². The molecular formula is C70H20O5-2. The second-order valence-corrected chi connectivity index (χ2v) is 12.3. The van der Waals surface area contributed by atoms with Gasteiger partial charge in [-0.2, -0.15) is 11.8 Å². The first-order valence-electron chi connectivity index (χ1n) is 19.7. The van der Waals surface area contributed by atoms with E-state index in [1.54, 1.807) is 0 Å². The molecule has 0 aliphatic heterocycles. The van der Waals surface area contributed by atoms with Gasteiger partial charge in [0.25, 0.3) is 0 Å². The van der Waals surface area contributed by atoms with E-state index >= 15 is 0 Å². The van der Waals surface area contributed by atoms with Crippen LogP contribution in [0, 0.1) is 345 Å². The maximum Gasteiger partial charge on any atom is 0.385 e. The molecule has 0 aliphatic rings. The lowest BCUT2D eigenvalue weighted by Gasteiger charge is -2.47. The lowest BCUT2D eigenvalue weighted by molar-refractivity contribution is -0.234. The minimum Gasteiger partial charge on any atom is -0.447 e. The molecule has 0 unspecified atom stereocenters. The van der Waals surface area contributed by atoms with E-state index in [9.17, 15) is 14.7 Å². The third-order valence-electron chi connectivity index (χ3n) is 6.84. The number of terminal acetylenes is 2. The predicted molar refractivity (Wildman–Crippen MR) is 286 cm³/mol. The fourth-order valence-corrected chi connectivity index (χ4v) is 3.29. The van der Waals surface area contributed by atoms with E-state index in [1.165, 1.54) is 46.8 Å². The normalized spacial score (nSPS) is 7.31. The zero-order chi connectivity index (χ0) is 55.1. The minimum atomic E-state index is -1.94. The van der Waals surface area contributed by atoms with Crippen molar-refractivity contribution in [3.63, 3.8) is 0 Å². The number of esters is 2. The second kappa shape index (κ2) is 42.7. The molecule has 0 saturated carbocycles. The van der Waals surface area contributed by atoms with Gasteiger partial charge < -0.3 is 14.6 Å². The minimum absolute atomic E-state index is 1.00. The highest BCUT2D eigenvalue weighted by molar-refractivity contribution is 5.90. The molecule has 0 fully saturated rings. The molecule has 0 spiro atoms. The van der Waals surface area contributed by atoms with E-state index in [-0.39, 0.29) is 0 Å². The summed E-state index contributed by atoms with van der Waals surface area (Å²) in [5.74, 6) is 130. The molecule has 75 heavy (non-hydrogen) atoms. The lowest BCUT2D eigenvalue weighted by atomic mass is 9.75. The van der Waals surface area contributed by atoms with Crippen LogP contribution in [0.15, 0.2) is 12.2 Å². The van der Waals surface area contributed by atoms with Gasteiger partial charge >= 0.3 is 11.9 Å². The van der Waals surface area contributed by atoms with Crippen LogP contribution in [0.5, 0.6) is 0 Å². The van der Waals surface area contributed by atoms with Gasteiger partial charge in [-0.1, -0.05) is 23.7 Å². The van der Waals surface area contributed by atoms with Crippen molar-refractivity contribution in [3.8, 4) is 333 Å². The monoisotopic (exact) mass is 940 g/mol. The number of carbonyl (C=O) groups excluding carboxylic acids is 2. The quantitative estimate of drug-likeness (QED) is 0.201. The molecule has 0 atom stereocenters. The zero-order valence-corrected chi connectivity index (χ0v) is 39.9. The molecule has 1 N–H and O–H groups in total. The predicted octanol–water partition coefficient (Wildman–Crippen LogP) is 1.45. The number of carbonyl (C=O) groups is 2. The summed E-state index contributed by atoms with van der Waals surface area (Å²) < 4.78 is 10.8. The van der Waals surface area contributed by atoms with Gasteiger partial charge in [-0.15, -0.1) is 37.2 Å². The van der Waals surface area contributed by atoms with Crippen molar-refractivity contribution in [2.45, 2.75) is 51.4 Å². The molecule has 0 aromatic rings. The third-order valence-corrected chi connectivity index (χ3v) is 6.84. The first-order chi connectivity index (χ1) is 36.4. The molecule has 0 amide bonds. The Bertz CT molecular complexity index is 4030. The molecule has 0 bridgehead atoms. The van der Waals surface area contributed by atoms with Crippen LogP contribution in [0.2, 0.25) is 0 Å². The second-order valence-electron chi connectivity index (χ2n) is 12.3. The van der Waals surface area contributed by atoms with Crippen molar-refractivity contribution >= 4 is 11.9 Å². The molecule has 0 heterocycles. The van der Waals surface area contributed by atoms with Crippen molar-refractivity contribution < 1.29 is 24.2 Å². The summed E-state index contributed by atoms with van der Waals surface area (Å²) in [6.45, 7) is 7.00. The number of aliphatic hydroxyl groups is 1. The van der Waals surface area contributed by atoms with Crippen molar-refractivity contribution in [2.75, 3.05) is 0 Å². The maximum atomic E-state index is 12.5. The Labute approximate surface area is 442 Å². The van der Waals surface area contributed by atoms with Gasteiger partial charge in [-0.25, -0.2) is 33.3 Å². The van der Waals surface area contributed by atoms with Crippen molar-refractivity contribution in [2.24, 2.45) is 0 Å². The van der Waals surface area contributed by atoms with Crippen LogP contribution in [-0.2, 0) is 19.1 Å². The first kappa shape index (κ1) is 61.1. The van der Waals surface area contributed by atoms with Crippen molar-refractivity contribution in [3.05, 3.63) is 24.3 Å². The summed E-state index contributed by atoms with van der Waals surface area (Å²) >= 11 is 0. The third kappa shape index (κ3) is 36.9. The fourth-order valence-electron chi connectivity index (χ4n) is 3.29. The molecule has 0 radical (unpaired) electrons. The summed E-state index contributed by atoms with van der Waals surface area (Å²) in [5.41, 5.74) is -5.17. The Morgan fingerprint density at radius 1 is 0.333 bits per heavy atom. The summed E-state index contributed by atoms with van der Waals surface area (Å²) in [6.07, 6.45) is 17.5. The average Bonchev–Trinajstić information content (AvgIpc) is 3.37. The number of ether oxygens (including phenoxy) is 2. The highest BCUT2D eigenvalue weighted by Crippen LogP contribution is 2.37. The molecule has 0 rings (SSSR count). The zero-order valence-electron chi connectivity index (χ0n) is 39.9. The van der Waals surface area contributed by atoms with Crippen LogP contribution in [0.4, 0.5) is 0 Å². The molecular weight excluding hydrogens is 921 g/mol. The van der Waals surface area contributed by atoms with Gasteiger partial charge in [0.05, 0.1) is 0 Å². The number of hydrogen-bond donors (Lipinski definition) is 1. The van der Waals surface area contributed by atoms with Crippen LogP contribution in [-0.4, -0.2) is 33.8 Å². The molecule has 0 aromatic carbocycles. The maximum absolute atomic E-state index is 12.5. The Morgan fingerprint density at radius 3 is 0.747 bits per heavy atom. The standard InChI is InChI=1S/C70H20O5/c1-8-10-12-14-16-18-20-22-24-26-28-30-32-34-36-38-40-42-44-46-48-50-52-54-56-58-60-62-64-66(71)74-68(3,4)70(7,73)69(5,6)75-67(72)65-63-61-59-57-55-53-51-49-47-45-43-41-39-37-35-33-31-29-27-25-23-21-19-17-15-13-11-9-2/h1-2,56-57,73H,3-7H3/q-2. The summed E-state index contributed by atoms with van der Waals surface area (Å²) in [7, 11) is 0. The average molecular weight is 941 g/mol. The van der Waals surface area contributed by atoms with E-state index in [4.69, 9.17) is 22.3 Å². The topological polar surface area (TPSA) is 72.8 Å². The molecule has 0 aliphatic carbocycles. The molecule has 0 aromatic heterocycles. The molecule has 0 saturated heterocycles. The molecule has 5 nitrogen and oxygen atoms in total. The number of allylic oxidation sites excluding steroid dienone is 4. The fraction of sp³-hybridized carbons (Fsp3) is 0.114. The Morgan fingerprint density at radius 2 is 0.533 bits per heavy atom. The van der Waals surface area contributed by atoms with Crippen LogP contribution >= 0.6 is 0 Å². The van der Waals surface area contributed by atoms with Gasteiger partial charge in [0.1, 0.15) is 16.8 Å². The highest BCUT2D eigenvalue weighted by Gasteiger charge is 2.55. The van der Waals surface area contributed by atoms with Crippen LogP contribution < -0.4 is 0 Å². The van der Waals surface area contributed by atoms with E-state index < -0.39 is 28.7 Å². The van der Waals surface area contributed by atoms with Crippen molar-refractivity contribution in [1.29, 1.82) is 0 Å².